The fourth-order valence-corrected chi connectivity index (χ4v) is 2.46. The predicted octanol–water partition coefficient (Wildman–Crippen LogP) is 0.835. The summed E-state index contributed by atoms with van der Waals surface area (Å²) in [5, 5.41) is 21.3. The van der Waals surface area contributed by atoms with Crippen molar-refractivity contribution in [1.29, 1.82) is 0 Å². The average molecular weight is 265 g/mol. The molecule has 7 heteroatoms. The van der Waals surface area contributed by atoms with E-state index in [1.165, 1.54) is 6.20 Å². The van der Waals surface area contributed by atoms with Gasteiger partial charge in [-0.2, -0.15) is 5.10 Å². The van der Waals surface area contributed by atoms with Gasteiger partial charge in [0.05, 0.1) is 0 Å². The second-order valence-corrected chi connectivity index (χ2v) is 5.17. The molecule has 0 aromatic carbocycles. The summed E-state index contributed by atoms with van der Waals surface area (Å²) >= 11 is 0. The van der Waals surface area contributed by atoms with Gasteiger partial charge in [0.2, 0.25) is 0 Å². The van der Waals surface area contributed by atoms with Crippen LogP contribution in [0.4, 0.5) is 0 Å². The number of oxime groups is 1. The SMILES string of the molecule is CC1CCC(NC(=O)c2ccn[nH]2)(/C(N)=N/O)CC1. The van der Waals surface area contributed by atoms with E-state index in [0.29, 0.717) is 24.5 Å². The lowest BCUT2D eigenvalue weighted by molar-refractivity contribution is 0.0892. The lowest BCUT2D eigenvalue weighted by atomic mass is 9.76. The van der Waals surface area contributed by atoms with Gasteiger partial charge in [-0.25, -0.2) is 0 Å². The Hall–Kier alpha value is -2.05. The summed E-state index contributed by atoms with van der Waals surface area (Å²) in [5.41, 5.74) is 5.39. The number of aromatic amines is 1. The van der Waals surface area contributed by atoms with E-state index >= 15 is 0 Å². The Bertz CT molecular complexity index is 460. The van der Waals surface area contributed by atoms with Crippen molar-refractivity contribution in [2.45, 2.75) is 38.1 Å². The number of nitrogens with two attached hydrogens (primary N) is 1. The number of amides is 1. The van der Waals surface area contributed by atoms with Crippen LogP contribution in [-0.4, -0.2) is 32.7 Å². The first-order chi connectivity index (χ1) is 9.07. The summed E-state index contributed by atoms with van der Waals surface area (Å²) in [6.07, 6.45) is 4.71. The lowest BCUT2D eigenvalue weighted by Gasteiger charge is -2.38. The molecule has 1 aliphatic carbocycles. The first kappa shape index (κ1) is 13.4. The van der Waals surface area contributed by atoms with Crippen LogP contribution in [0.15, 0.2) is 17.4 Å². The van der Waals surface area contributed by atoms with E-state index in [1.807, 2.05) is 0 Å². The maximum Gasteiger partial charge on any atom is 0.270 e. The quantitative estimate of drug-likeness (QED) is 0.280. The Kier molecular flexibility index (Phi) is 3.73. The number of hydrogen-bond acceptors (Lipinski definition) is 4. The molecule has 0 saturated heterocycles. The highest BCUT2D eigenvalue weighted by Gasteiger charge is 2.40. The van der Waals surface area contributed by atoms with Gasteiger partial charge in [-0.1, -0.05) is 12.1 Å². The Labute approximate surface area is 111 Å². The highest BCUT2D eigenvalue weighted by atomic mass is 16.4. The van der Waals surface area contributed by atoms with Gasteiger partial charge >= 0.3 is 0 Å². The van der Waals surface area contributed by atoms with Crippen molar-refractivity contribution in [3.63, 3.8) is 0 Å². The fraction of sp³-hybridized carbons (Fsp3) is 0.583. The molecule has 5 N–H and O–H groups in total. The minimum Gasteiger partial charge on any atom is -0.409 e. The van der Waals surface area contributed by atoms with Gasteiger partial charge in [0.1, 0.15) is 11.2 Å². The standard InChI is InChI=1S/C12H19N5O2/c1-8-2-5-12(6-3-8,11(13)17-19)15-10(18)9-4-7-14-16-9/h4,7-8,19H,2-3,5-6H2,1H3,(H2,13,17)(H,14,16)(H,15,18). The van der Waals surface area contributed by atoms with Gasteiger partial charge in [0.25, 0.3) is 5.91 Å². The first-order valence-corrected chi connectivity index (χ1v) is 6.37. The minimum absolute atomic E-state index is 0.0623. The van der Waals surface area contributed by atoms with Crippen LogP contribution < -0.4 is 11.1 Å². The average Bonchev–Trinajstić information content (AvgIpc) is 2.95. The number of amidine groups is 1. The van der Waals surface area contributed by atoms with Crippen LogP contribution in [0, 0.1) is 5.92 Å². The van der Waals surface area contributed by atoms with E-state index in [4.69, 9.17) is 10.9 Å². The molecule has 1 saturated carbocycles. The minimum atomic E-state index is -0.760. The van der Waals surface area contributed by atoms with Crippen molar-refractivity contribution >= 4 is 11.7 Å². The molecule has 2 rings (SSSR count). The Morgan fingerprint density at radius 3 is 2.84 bits per heavy atom. The molecular formula is C12H19N5O2. The monoisotopic (exact) mass is 265 g/mol. The highest BCUT2D eigenvalue weighted by Crippen LogP contribution is 2.32. The van der Waals surface area contributed by atoms with Crippen LogP contribution in [-0.2, 0) is 0 Å². The molecule has 0 aliphatic heterocycles. The number of H-pyrrole nitrogens is 1. The van der Waals surface area contributed by atoms with E-state index < -0.39 is 5.54 Å². The number of aromatic nitrogens is 2. The topological polar surface area (TPSA) is 116 Å². The molecule has 0 spiro atoms. The van der Waals surface area contributed by atoms with Crippen molar-refractivity contribution in [2.75, 3.05) is 0 Å². The van der Waals surface area contributed by atoms with E-state index in [-0.39, 0.29) is 11.7 Å². The van der Waals surface area contributed by atoms with Crippen LogP contribution >= 0.6 is 0 Å². The third-order valence-electron chi connectivity index (χ3n) is 3.82. The van der Waals surface area contributed by atoms with Crippen LogP contribution in [0.1, 0.15) is 43.1 Å². The zero-order chi connectivity index (χ0) is 13.9. The van der Waals surface area contributed by atoms with Crippen LogP contribution in [0.2, 0.25) is 0 Å². The molecular weight excluding hydrogens is 246 g/mol. The number of rotatable bonds is 3. The Balaban J connectivity index is 2.17. The Morgan fingerprint density at radius 1 is 1.63 bits per heavy atom. The van der Waals surface area contributed by atoms with Crippen molar-refractivity contribution in [3.8, 4) is 0 Å². The molecule has 0 atom stereocenters. The fourth-order valence-electron chi connectivity index (χ4n) is 2.46. The molecule has 0 bridgehead atoms. The van der Waals surface area contributed by atoms with Gasteiger partial charge < -0.3 is 16.3 Å². The molecule has 1 aromatic heterocycles. The summed E-state index contributed by atoms with van der Waals surface area (Å²) in [7, 11) is 0. The number of nitrogens with zero attached hydrogens (tertiary/aromatic N) is 2. The van der Waals surface area contributed by atoms with E-state index in [0.717, 1.165) is 12.8 Å². The molecule has 0 unspecified atom stereocenters. The summed E-state index contributed by atoms with van der Waals surface area (Å²) in [4.78, 5) is 12.1. The number of nitrogens with one attached hydrogen (secondary N) is 2. The smallest absolute Gasteiger partial charge is 0.270 e. The third-order valence-corrected chi connectivity index (χ3v) is 3.82. The van der Waals surface area contributed by atoms with E-state index in [2.05, 4.69) is 27.6 Å². The van der Waals surface area contributed by atoms with E-state index in [1.54, 1.807) is 6.07 Å². The second kappa shape index (κ2) is 5.29. The number of hydrogen-bond donors (Lipinski definition) is 4. The van der Waals surface area contributed by atoms with Gasteiger partial charge in [-0.15, -0.1) is 0 Å². The van der Waals surface area contributed by atoms with Crippen LogP contribution in [0.5, 0.6) is 0 Å². The van der Waals surface area contributed by atoms with Crippen LogP contribution in [0.25, 0.3) is 0 Å². The lowest BCUT2D eigenvalue weighted by Crippen LogP contribution is -2.59. The molecule has 0 radical (unpaired) electrons. The molecule has 104 valence electrons. The van der Waals surface area contributed by atoms with Gasteiger partial charge in [-0.3, -0.25) is 9.89 Å². The maximum atomic E-state index is 12.1. The largest absolute Gasteiger partial charge is 0.409 e. The molecule has 1 fully saturated rings. The second-order valence-electron chi connectivity index (χ2n) is 5.17. The zero-order valence-electron chi connectivity index (χ0n) is 10.9. The van der Waals surface area contributed by atoms with Crippen molar-refractivity contribution in [3.05, 3.63) is 18.0 Å². The molecule has 1 aromatic rings. The normalized spacial score (nSPS) is 28.1. The van der Waals surface area contributed by atoms with Crippen molar-refractivity contribution in [2.24, 2.45) is 16.8 Å². The zero-order valence-corrected chi connectivity index (χ0v) is 10.9. The first-order valence-electron chi connectivity index (χ1n) is 6.37. The highest BCUT2D eigenvalue weighted by molar-refractivity contribution is 5.99. The van der Waals surface area contributed by atoms with E-state index in [9.17, 15) is 4.79 Å². The summed E-state index contributed by atoms with van der Waals surface area (Å²) in [6, 6.07) is 1.58. The summed E-state index contributed by atoms with van der Waals surface area (Å²) in [5.74, 6) is 0.356. The van der Waals surface area contributed by atoms with Crippen molar-refractivity contribution in [1.82, 2.24) is 15.5 Å². The molecule has 1 aliphatic rings. The number of carbonyl (C=O) groups is 1. The number of carbonyl (C=O) groups excluding carboxylic acids is 1. The molecule has 19 heavy (non-hydrogen) atoms. The van der Waals surface area contributed by atoms with Crippen molar-refractivity contribution < 1.29 is 10.0 Å². The summed E-state index contributed by atoms with van der Waals surface area (Å²) < 4.78 is 0. The van der Waals surface area contributed by atoms with Gasteiger partial charge in [0, 0.05) is 6.20 Å². The molecule has 7 nitrogen and oxygen atoms in total. The summed E-state index contributed by atoms with van der Waals surface area (Å²) in [6.45, 7) is 2.16. The predicted molar refractivity (Wildman–Crippen MR) is 69.8 cm³/mol. The third kappa shape index (κ3) is 2.69. The maximum absolute atomic E-state index is 12.1. The Morgan fingerprint density at radius 2 is 2.32 bits per heavy atom. The van der Waals surface area contributed by atoms with Gasteiger partial charge in [-0.05, 0) is 37.7 Å². The van der Waals surface area contributed by atoms with Gasteiger partial charge in [0.15, 0.2) is 5.84 Å². The molecule has 1 heterocycles. The van der Waals surface area contributed by atoms with Crippen LogP contribution in [0.3, 0.4) is 0 Å². The molecule has 1 amide bonds.